The maximum atomic E-state index is 10.7. The zero-order valence-electron chi connectivity index (χ0n) is 9.80. The number of carboxylic acids is 4. The summed E-state index contributed by atoms with van der Waals surface area (Å²) < 4.78 is 0. The number of carbonyl (C=O) groups excluding carboxylic acids is 4. The molecule has 0 aromatic heterocycles. The molecule has 0 saturated heterocycles. The summed E-state index contributed by atoms with van der Waals surface area (Å²) in [5, 5.41) is 43.0. The van der Waals surface area contributed by atoms with Gasteiger partial charge < -0.3 is 39.6 Å². The predicted octanol–water partition coefficient (Wildman–Crippen LogP) is -6.62. The molecule has 94 valence electrons. The molecule has 1 aliphatic rings. The van der Waals surface area contributed by atoms with Crippen molar-refractivity contribution in [3.63, 3.8) is 0 Å². The molecule has 1 rings (SSSR count). The van der Waals surface area contributed by atoms with Crippen molar-refractivity contribution in [2.45, 2.75) is 19.3 Å². The van der Waals surface area contributed by atoms with Crippen molar-refractivity contribution in [2.75, 3.05) is 0 Å². The summed E-state index contributed by atoms with van der Waals surface area (Å²) in [5.74, 6) is -8.33. The fourth-order valence-corrected chi connectivity index (χ4v) is 1.98. The van der Waals surface area contributed by atoms with Crippen LogP contribution in [-0.2, 0) is 19.2 Å². The minimum absolute atomic E-state index is 0. The number of aliphatic carboxylic acids is 4. The van der Waals surface area contributed by atoms with E-state index in [4.69, 9.17) is 0 Å². The average molecular weight is 322 g/mol. The Labute approximate surface area is 167 Å². The molecule has 0 amide bonds. The Hall–Kier alpha value is 0.399. The van der Waals surface area contributed by atoms with Crippen molar-refractivity contribution < 1.29 is 39.6 Å². The summed E-state index contributed by atoms with van der Waals surface area (Å²) in [5.41, 5.74) is -5.28. The molecule has 0 aromatic carbocycles. The molecule has 8 nitrogen and oxygen atoms in total. The van der Waals surface area contributed by atoms with Crippen LogP contribution in [0.3, 0.4) is 0 Å². The van der Waals surface area contributed by atoms with Crippen LogP contribution in [0.4, 0.5) is 0 Å². The van der Waals surface area contributed by atoms with E-state index in [1.54, 1.807) is 0 Å². The first-order chi connectivity index (χ1) is 7.69. The number of carbonyl (C=O) groups is 4. The van der Waals surface area contributed by atoms with E-state index in [1.807, 2.05) is 0 Å². The summed E-state index contributed by atoms with van der Waals surface area (Å²) in [6.07, 6.45) is -2.64. The first kappa shape index (κ1) is 21.7. The molecule has 0 atom stereocenters. The number of hydrogen-bond donors (Lipinski definition) is 0. The molecular weight excluding hydrogens is 316 g/mol. The SMILES string of the molecule is O=C([O-])C1(C(=O)[O-])CCC(C(=O)[O-])(C(=O)[O-])C1.[Ca+2].[Ca+2]. The zero-order chi connectivity index (χ0) is 13.4. The number of carboxylic acid groups (broad SMARTS) is 4. The largest absolute Gasteiger partial charge is 2.00 e. The van der Waals surface area contributed by atoms with Gasteiger partial charge in [-0.2, -0.15) is 0 Å². The first-order valence-corrected chi connectivity index (χ1v) is 4.55. The smallest absolute Gasteiger partial charge is 0.549 e. The van der Waals surface area contributed by atoms with Crippen LogP contribution in [0.5, 0.6) is 0 Å². The molecule has 1 aliphatic carbocycles. The van der Waals surface area contributed by atoms with Gasteiger partial charge in [0.25, 0.3) is 0 Å². The molecule has 0 aliphatic heterocycles. The van der Waals surface area contributed by atoms with Gasteiger partial charge in [0.1, 0.15) is 0 Å². The first-order valence-electron chi connectivity index (χ1n) is 4.55. The predicted molar refractivity (Wildman–Crippen MR) is 50.3 cm³/mol. The van der Waals surface area contributed by atoms with Crippen molar-refractivity contribution in [3.8, 4) is 0 Å². The van der Waals surface area contributed by atoms with Crippen molar-refractivity contribution in [1.82, 2.24) is 0 Å². The molecule has 0 N–H and O–H groups in total. The molecule has 1 fully saturated rings. The van der Waals surface area contributed by atoms with Gasteiger partial charge in [-0.05, 0) is 19.3 Å². The Bertz CT molecular complexity index is 352. The van der Waals surface area contributed by atoms with E-state index >= 15 is 0 Å². The second-order valence-corrected chi connectivity index (χ2v) is 3.99. The van der Waals surface area contributed by atoms with E-state index in [0.717, 1.165) is 0 Å². The van der Waals surface area contributed by atoms with Crippen molar-refractivity contribution in [1.29, 1.82) is 0 Å². The van der Waals surface area contributed by atoms with E-state index in [1.165, 1.54) is 0 Å². The summed E-state index contributed by atoms with van der Waals surface area (Å²) in [6, 6.07) is 0. The molecule has 19 heavy (non-hydrogen) atoms. The molecule has 0 bridgehead atoms. The van der Waals surface area contributed by atoms with E-state index in [-0.39, 0.29) is 75.5 Å². The molecule has 0 aromatic rings. The third-order valence-corrected chi connectivity index (χ3v) is 3.15. The summed E-state index contributed by atoms with van der Waals surface area (Å²) in [7, 11) is 0. The third-order valence-electron chi connectivity index (χ3n) is 3.15. The van der Waals surface area contributed by atoms with Gasteiger partial charge in [-0.15, -0.1) is 0 Å². The van der Waals surface area contributed by atoms with Crippen LogP contribution in [-0.4, -0.2) is 99.4 Å². The van der Waals surface area contributed by atoms with Gasteiger partial charge in [0.05, 0.1) is 34.7 Å². The molecule has 1 saturated carbocycles. The Morgan fingerprint density at radius 2 is 0.842 bits per heavy atom. The molecular formula is C9H6Ca2O8. The van der Waals surface area contributed by atoms with Gasteiger partial charge >= 0.3 is 75.5 Å². The molecule has 0 unspecified atom stereocenters. The molecule has 0 radical (unpaired) electrons. The fraction of sp³-hybridized carbons (Fsp3) is 0.556. The zero-order valence-corrected chi connectivity index (χ0v) is 14.2. The maximum absolute atomic E-state index is 10.7. The van der Waals surface area contributed by atoms with Gasteiger partial charge in [-0.25, -0.2) is 0 Å². The van der Waals surface area contributed by atoms with E-state index in [9.17, 15) is 39.6 Å². The van der Waals surface area contributed by atoms with Crippen molar-refractivity contribution >= 4 is 99.4 Å². The van der Waals surface area contributed by atoms with Crippen LogP contribution in [0.25, 0.3) is 0 Å². The third kappa shape index (κ3) is 3.54. The summed E-state index contributed by atoms with van der Waals surface area (Å²) in [4.78, 5) is 43.0. The monoisotopic (exact) mass is 322 g/mol. The number of hydrogen-bond acceptors (Lipinski definition) is 8. The molecule has 0 spiro atoms. The van der Waals surface area contributed by atoms with Crippen LogP contribution in [0, 0.1) is 10.8 Å². The Morgan fingerprint density at radius 1 is 0.632 bits per heavy atom. The van der Waals surface area contributed by atoms with Crippen molar-refractivity contribution in [2.24, 2.45) is 10.8 Å². The summed E-state index contributed by atoms with van der Waals surface area (Å²) in [6.45, 7) is 0. The van der Waals surface area contributed by atoms with Gasteiger partial charge in [0.15, 0.2) is 0 Å². The van der Waals surface area contributed by atoms with E-state index < -0.39 is 54.0 Å². The summed E-state index contributed by atoms with van der Waals surface area (Å²) >= 11 is 0. The van der Waals surface area contributed by atoms with Crippen LogP contribution in [0.15, 0.2) is 0 Å². The van der Waals surface area contributed by atoms with Crippen LogP contribution in [0.1, 0.15) is 19.3 Å². The number of rotatable bonds is 4. The normalized spacial score (nSPS) is 18.5. The second kappa shape index (κ2) is 7.42. The Morgan fingerprint density at radius 3 is 0.947 bits per heavy atom. The second-order valence-electron chi connectivity index (χ2n) is 3.99. The van der Waals surface area contributed by atoms with Gasteiger partial charge in [-0.1, -0.05) is 0 Å². The maximum Gasteiger partial charge on any atom is 2.00 e. The van der Waals surface area contributed by atoms with Crippen molar-refractivity contribution in [3.05, 3.63) is 0 Å². The van der Waals surface area contributed by atoms with Crippen LogP contribution >= 0.6 is 0 Å². The molecule has 10 heteroatoms. The average Bonchev–Trinajstić information content (AvgIpc) is 2.59. The minimum Gasteiger partial charge on any atom is -0.549 e. The Balaban J connectivity index is 0. The van der Waals surface area contributed by atoms with E-state index in [2.05, 4.69) is 0 Å². The van der Waals surface area contributed by atoms with Gasteiger partial charge in [0, 0.05) is 0 Å². The fourth-order valence-electron chi connectivity index (χ4n) is 1.98. The van der Waals surface area contributed by atoms with Gasteiger partial charge in [-0.3, -0.25) is 0 Å². The van der Waals surface area contributed by atoms with Crippen LogP contribution < -0.4 is 20.4 Å². The standard InChI is InChI=1S/C9H10O8.2Ca/c10-4(11)8(5(12)13)1-2-9(3-8,6(14)15)7(16)17;;/h1-3H2,(H,10,11)(H,12,13)(H,14,15)(H,16,17);;/q;2*+2/p-4. The van der Waals surface area contributed by atoms with E-state index in [0.29, 0.717) is 0 Å². The topological polar surface area (TPSA) is 161 Å². The quantitative estimate of drug-likeness (QED) is 0.364. The molecule has 0 heterocycles. The Kier molecular flexibility index (Phi) is 8.47. The van der Waals surface area contributed by atoms with Gasteiger partial charge in [0.2, 0.25) is 0 Å². The van der Waals surface area contributed by atoms with Crippen LogP contribution in [0.2, 0.25) is 0 Å². The minimum atomic E-state index is -2.64.